The van der Waals surface area contributed by atoms with Gasteiger partial charge in [-0.15, -0.1) is 0 Å². The molecule has 0 fully saturated rings. The zero-order chi connectivity index (χ0) is 12.3. The molecule has 1 atom stereocenters. The van der Waals surface area contributed by atoms with E-state index in [1.165, 1.54) is 0 Å². The van der Waals surface area contributed by atoms with Crippen LogP contribution in [0.5, 0.6) is 5.75 Å². The summed E-state index contributed by atoms with van der Waals surface area (Å²) in [4.78, 5) is 0. The summed E-state index contributed by atoms with van der Waals surface area (Å²) in [5.74, 6) is 0.743. The highest BCUT2D eigenvalue weighted by Crippen LogP contribution is 2.27. The minimum absolute atomic E-state index is 0.00112. The lowest BCUT2D eigenvalue weighted by atomic mass is 10.1. The maximum absolute atomic E-state index is 5.92. The molecular weight excluding hydrogens is 210 g/mol. The molecule has 0 spiro atoms. The number of nitrogen functional groups attached to an aromatic ring is 1. The van der Waals surface area contributed by atoms with Crippen molar-refractivity contribution >= 4 is 5.69 Å². The minimum Gasteiger partial charge on any atom is -0.484 e. The Morgan fingerprint density at radius 2 is 1.76 bits per heavy atom. The predicted octanol–water partition coefficient (Wildman–Crippen LogP) is 3.72. The average Bonchev–Trinajstić information content (AvgIpc) is 2.34. The molecule has 0 aromatic heterocycles. The van der Waals surface area contributed by atoms with Crippen molar-refractivity contribution in [2.45, 2.75) is 20.0 Å². The van der Waals surface area contributed by atoms with Crippen molar-refractivity contribution in [1.29, 1.82) is 0 Å². The van der Waals surface area contributed by atoms with Crippen molar-refractivity contribution in [1.82, 2.24) is 0 Å². The first-order chi connectivity index (χ1) is 8.16. The van der Waals surface area contributed by atoms with E-state index in [1.807, 2.05) is 50.2 Å². The number of hydrogen-bond acceptors (Lipinski definition) is 2. The maximum Gasteiger partial charge on any atom is 0.143 e. The molecule has 0 saturated heterocycles. The SMILES string of the molecule is Cc1ccc(OC(C)c2ccccc2)c(N)c1. The molecule has 0 heterocycles. The first-order valence-electron chi connectivity index (χ1n) is 5.74. The van der Waals surface area contributed by atoms with Gasteiger partial charge in [-0.1, -0.05) is 36.4 Å². The first-order valence-corrected chi connectivity index (χ1v) is 5.74. The lowest BCUT2D eigenvalue weighted by Gasteiger charge is -2.16. The van der Waals surface area contributed by atoms with Gasteiger partial charge in [0.1, 0.15) is 11.9 Å². The predicted molar refractivity (Wildman–Crippen MR) is 71.1 cm³/mol. The minimum atomic E-state index is 0.00112. The fourth-order valence-electron chi connectivity index (χ4n) is 1.76. The van der Waals surface area contributed by atoms with E-state index < -0.39 is 0 Å². The molecule has 0 aliphatic carbocycles. The topological polar surface area (TPSA) is 35.2 Å². The van der Waals surface area contributed by atoms with E-state index in [2.05, 4.69) is 12.1 Å². The zero-order valence-corrected chi connectivity index (χ0v) is 10.2. The molecule has 0 radical (unpaired) electrons. The van der Waals surface area contributed by atoms with Gasteiger partial charge >= 0.3 is 0 Å². The summed E-state index contributed by atoms with van der Waals surface area (Å²) in [7, 11) is 0. The van der Waals surface area contributed by atoms with E-state index in [0.717, 1.165) is 16.9 Å². The summed E-state index contributed by atoms with van der Waals surface area (Å²) >= 11 is 0. The second kappa shape index (κ2) is 4.91. The molecule has 2 heteroatoms. The van der Waals surface area contributed by atoms with Crippen LogP contribution in [0.25, 0.3) is 0 Å². The van der Waals surface area contributed by atoms with Crippen molar-refractivity contribution in [2.24, 2.45) is 0 Å². The molecule has 17 heavy (non-hydrogen) atoms. The second-order valence-corrected chi connectivity index (χ2v) is 4.21. The van der Waals surface area contributed by atoms with Gasteiger partial charge in [0.15, 0.2) is 0 Å². The number of anilines is 1. The highest BCUT2D eigenvalue weighted by Gasteiger charge is 2.08. The van der Waals surface area contributed by atoms with Crippen LogP contribution < -0.4 is 10.5 Å². The molecule has 0 bridgehead atoms. The van der Waals surface area contributed by atoms with Crippen LogP contribution in [-0.2, 0) is 0 Å². The van der Waals surface area contributed by atoms with Crippen LogP contribution in [0.3, 0.4) is 0 Å². The summed E-state index contributed by atoms with van der Waals surface area (Å²) in [5, 5.41) is 0. The van der Waals surface area contributed by atoms with E-state index >= 15 is 0 Å². The van der Waals surface area contributed by atoms with Crippen LogP contribution in [-0.4, -0.2) is 0 Å². The Bertz CT molecular complexity index is 494. The van der Waals surface area contributed by atoms with Gasteiger partial charge in [0.05, 0.1) is 5.69 Å². The molecule has 88 valence electrons. The normalized spacial score (nSPS) is 12.1. The fraction of sp³-hybridized carbons (Fsp3) is 0.200. The highest BCUT2D eigenvalue weighted by atomic mass is 16.5. The number of benzene rings is 2. The molecule has 2 aromatic carbocycles. The Morgan fingerprint density at radius 1 is 1.06 bits per heavy atom. The van der Waals surface area contributed by atoms with Crippen LogP contribution >= 0.6 is 0 Å². The van der Waals surface area contributed by atoms with E-state index in [9.17, 15) is 0 Å². The maximum atomic E-state index is 5.92. The molecule has 2 aromatic rings. The third kappa shape index (κ3) is 2.78. The van der Waals surface area contributed by atoms with Gasteiger partial charge in [0.2, 0.25) is 0 Å². The third-order valence-corrected chi connectivity index (χ3v) is 2.74. The van der Waals surface area contributed by atoms with E-state index in [1.54, 1.807) is 0 Å². The first kappa shape index (κ1) is 11.5. The summed E-state index contributed by atoms with van der Waals surface area (Å²) in [5.41, 5.74) is 8.90. The number of nitrogens with two attached hydrogens (primary N) is 1. The Balaban J connectivity index is 2.16. The molecule has 0 amide bonds. The Hall–Kier alpha value is -1.96. The highest BCUT2D eigenvalue weighted by molar-refractivity contribution is 5.54. The quantitative estimate of drug-likeness (QED) is 0.811. The standard InChI is InChI=1S/C15H17NO/c1-11-8-9-15(14(16)10-11)17-12(2)13-6-4-3-5-7-13/h3-10,12H,16H2,1-2H3. The molecule has 2 rings (SSSR count). The summed E-state index contributed by atoms with van der Waals surface area (Å²) in [6.07, 6.45) is 0.00112. The van der Waals surface area contributed by atoms with Gasteiger partial charge in [-0.3, -0.25) is 0 Å². The van der Waals surface area contributed by atoms with Crippen molar-refractivity contribution < 1.29 is 4.74 Å². The van der Waals surface area contributed by atoms with E-state index in [0.29, 0.717) is 5.69 Å². The van der Waals surface area contributed by atoms with Gasteiger partial charge in [0.25, 0.3) is 0 Å². The van der Waals surface area contributed by atoms with Crippen LogP contribution in [0, 0.1) is 6.92 Å². The molecular formula is C15H17NO. The van der Waals surface area contributed by atoms with Crippen molar-refractivity contribution in [2.75, 3.05) is 5.73 Å². The van der Waals surface area contributed by atoms with Crippen LogP contribution in [0.1, 0.15) is 24.2 Å². The van der Waals surface area contributed by atoms with Crippen LogP contribution in [0.2, 0.25) is 0 Å². The van der Waals surface area contributed by atoms with Crippen molar-refractivity contribution in [3.8, 4) is 5.75 Å². The molecule has 2 N–H and O–H groups in total. The zero-order valence-electron chi connectivity index (χ0n) is 10.2. The van der Waals surface area contributed by atoms with Gasteiger partial charge in [-0.2, -0.15) is 0 Å². The van der Waals surface area contributed by atoms with Crippen molar-refractivity contribution in [3.63, 3.8) is 0 Å². The smallest absolute Gasteiger partial charge is 0.143 e. The number of aryl methyl sites for hydroxylation is 1. The molecule has 1 unspecified atom stereocenters. The van der Waals surface area contributed by atoms with Gasteiger partial charge in [-0.25, -0.2) is 0 Å². The molecule has 0 saturated carbocycles. The Labute approximate surface area is 102 Å². The number of ether oxygens (including phenoxy) is 1. The van der Waals surface area contributed by atoms with Crippen molar-refractivity contribution in [3.05, 3.63) is 59.7 Å². The summed E-state index contributed by atoms with van der Waals surface area (Å²) in [6.45, 7) is 4.04. The van der Waals surface area contributed by atoms with Gasteiger partial charge in [-0.05, 0) is 37.1 Å². The van der Waals surface area contributed by atoms with Gasteiger partial charge < -0.3 is 10.5 Å². The Kier molecular flexibility index (Phi) is 3.33. The fourth-order valence-corrected chi connectivity index (χ4v) is 1.76. The largest absolute Gasteiger partial charge is 0.484 e. The lowest BCUT2D eigenvalue weighted by Crippen LogP contribution is -2.04. The molecule has 0 aliphatic rings. The van der Waals surface area contributed by atoms with Gasteiger partial charge in [0, 0.05) is 0 Å². The number of rotatable bonds is 3. The lowest BCUT2D eigenvalue weighted by molar-refractivity contribution is 0.228. The average molecular weight is 227 g/mol. The van der Waals surface area contributed by atoms with Crippen LogP contribution in [0.15, 0.2) is 48.5 Å². The van der Waals surface area contributed by atoms with E-state index in [4.69, 9.17) is 10.5 Å². The number of hydrogen-bond donors (Lipinski definition) is 1. The molecule has 0 aliphatic heterocycles. The van der Waals surface area contributed by atoms with E-state index in [-0.39, 0.29) is 6.10 Å². The Morgan fingerprint density at radius 3 is 2.41 bits per heavy atom. The second-order valence-electron chi connectivity index (χ2n) is 4.21. The van der Waals surface area contributed by atoms with Crippen LogP contribution in [0.4, 0.5) is 5.69 Å². The summed E-state index contributed by atoms with van der Waals surface area (Å²) < 4.78 is 5.86. The monoisotopic (exact) mass is 227 g/mol. The summed E-state index contributed by atoms with van der Waals surface area (Å²) in [6, 6.07) is 16.0. The molecule has 2 nitrogen and oxygen atoms in total. The third-order valence-electron chi connectivity index (χ3n) is 2.74.